The second kappa shape index (κ2) is 29.6. The molecule has 0 rings (SSSR count). The Hall–Kier alpha value is 0.390. The molecular formula is C32H70OP+. The molecule has 34 heavy (non-hydrogen) atoms. The first-order chi connectivity index (χ1) is 16.2. The van der Waals surface area contributed by atoms with E-state index < -0.39 is 7.26 Å². The first kappa shape index (κ1) is 36.5. The van der Waals surface area contributed by atoms with Crippen LogP contribution in [0.1, 0.15) is 182 Å². The lowest BCUT2D eigenvalue weighted by molar-refractivity contribution is 0.548. The van der Waals surface area contributed by atoms with Gasteiger partial charge in [0.15, 0.2) is 0 Å². The van der Waals surface area contributed by atoms with Gasteiger partial charge in [-0.2, -0.15) is 0 Å². The molecule has 0 unspecified atom stereocenters. The van der Waals surface area contributed by atoms with E-state index in [1.165, 1.54) is 128 Å². The first-order valence-corrected chi connectivity index (χ1v) is 18.6. The third-order valence-electron chi connectivity index (χ3n) is 7.94. The predicted octanol–water partition coefficient (Wildman–Crippen LogP) is 11.6. The van der Waals surface area contributed by atoms with Gasteiger partial charge >= 0.3 is 0 Å². The van der Waals surface area contributed by atoms with Crippen molar-refractivity contribution in [2.45, 2.75) is 182 Å². The second-order valence-corrected chi connectivity index (χ2v) is 15.8. The molecule has 0 radical (unpaired) electrons. The molecule has 0 aromatic carbocycles. The van der Waals surface area contributed by atoms with Gasteiger partial charge < -0.3 is 5.48 Å². The molecule has 0 saturated carbocycles. The highest BCUT2D eigenvalue weighted by molar-refractivity contribution is 7.75. The summed E-state index contributed by atoms with van der Waals surface area (Å²) in [5.41, 5.74) is 0. The quantitative estimate of drug-likeness (QED) is 0.0754. The number of hydrogen-bond acceptors (Lipinski definition) is 0. The molecule has 1 nitrogen and oxygen atoms in total. The topological polar surface area (TPSA) is 31.5 Å². The average Bonchev–Trinajstić information content (AvgIpc) is 2.83. The molecule has 0 saturated heterocycles. The Labute approximate surface area is 219 Å². The van der Waals surface area contributed by atoms with Crippen LogP contribution in [0.5, 0.6) is 0 Å². The third-order valence-corrected chi connectivity index (χ3v) is 13.0. The zero-order chi connectivity index (χ0) is 24.3. The summed E-state index contributed by atoms with van der Waals surface area (Å²) >= 11 is 0. The lowest BCUT2D eigenvalue weighted by Gasteiger charge is -2.28. The molecule has 0 aliphatic rings. The SMILES string of the molecule is CCCCCCCCCCCCCC[P+](CCCCCC)(CCCCCC)CCCCCC.O. The van der Waals surface area contributed by atoms with Crippen molar-refractivity contribution in [2.75, 3.05) is 24.6 Å². The van der Waals surface area contributed by atoms with Gasteiger partial charge in [-0.15, -0.1) is 0 Å². The van der Waals surface area contributed by atoms with E-state index in [9.17, 15) is 0 Å². The fourth-order valence-corrected chi connectivity index (χ4v) is 10.5. The molecule has 0 atom stereocenters. The van der Waals surface area contributed by atoms with E-state index in [-0.39, 0.29) is 5.48 Å². The molecular weight excluding hydrogens is 431 g/mol. The lowest BCUT2D eigenvalue weighted by Crippen LogP contribution is -2.13. The van der Waals surface area contributed by atoms with Crippen LogP contribution in [0.15, 0.2) is 0 Å². The standard InChI is InChI=1S/C32H68P.H2O/c1-5-9-13-17-18-19-20-21-22-23-24-28-32-33(29-25-14-10-6-2,30-26-15-11-7-3)31-27-16-12-8-4;/h5-32H2,1-4H3;1H2/q+1;. The van der Waals surface area contributed by atoms with Gasteiger partial charge in [0.05, 0.1) is 24.6 Å². The second-order valence-electron chi connectivity index (χ2n) is 11.3. The summed E-state index contributed by atoms with van der Waals surface area (Å²) in [6.45, 7) is 9.41. The van der Waals surface area contributed by atoms with Gasteiger partial charge in [0.2, 0.25) is 0 Å². The Balaban J connectivity index is 0. The molecule has 208 valence electrons. The van der Waals surface area contributed by atoms with Crippen molar-refractivity contribution >= 4 is 7.26 Å². The fourth-order valence-electron chi connectivity index (χ4n) is 5.58. The van der Waals surface area contributed by atoms with E-state index in [0.29, 0.717) is 0 Å². The first-order valence-electron chi connectivity index (χ1n) is 16.1. The minimum absolute atomic E-state index is 0. The van der Waals surface area contributed by atoms with Crippen molar-refractivity contribution in [3.63, 3.8) is 0 Å². The normalized spacial score (nSPS) is 11.6. The maximum atomic E-state index is 2.37. The van der Waals surface area contributed by atoms with Crippen LogP contribution < -0.4 is 0 Å². The maximum Gasteiger partial charge on any atom is 0.0594 e. The zero-order valence-electron chi connectivity index (χ0n) is 24.7. The number of hydrogen-bond donors (Lipinski definition) is 0. The van der Waals surface area contributed by atoms with E-state index >= 15 is 0 Å². The lowest BCUT2D eigenvalue weighted by atomic mass is 10.1. The van der Waals surface area contributed by atoms with Crippen LogP contribution in [-0.2, 0) is 0 Å². The average molecular weight is 502 g/mol. The Morgan fingerprint density at radius 1 is 0.265 bits per heavy atom. The number of unbranched alkanes of at least 4 members (excludes halogenated alkanes) is 20. The van der Waals surface area contributed by atoms with Gasteiger partial charge in [0, 0.05) is 7.26 Å². The molecule has 0 aromatic heterocycles. The minimum Gasteiger partial charge on any atom is -0.412 e. The van der Waals surface area contributed by atoms with Gasteiger partial charge in [-0.1, -0.05) is 130 Å². The van der Waals surface area contributed by atoms with E-state index in [0.717, 1.165) is 0 Å². The van der Waals surface area contributed by atoms with Crippen LogP contribution in [-0.4, -0.2) is 30.1 Å². The minimum atomic E-state index is -0.697. The molecule has 2 N–H and O–H groups in total. The van der Waals surface area contributed by atoms with Crippen molar-refractivity contribution in [2.24, 2.45) is 0 Å². The zero-order valence-corrected chi connectivity index (χ0v) is 25.6. The van der Waals surface area contributed by atoms with Crippen LogP contribution in [0.2, 0.25) is 0 Å². The summed E-state index contributed by atoms with van der Waals surface area (Å²) in [4.78, 5) is 0. The predicted molar refractivity (Wildman–Crippen MR) is 164 cm³/mol. The van der Waals surface area contributed by atoms with E-state index in [1.54, 1.807) is 50.3 Å². The van der Waals surface area contributed by atoms with Gasteiger partial charge in [0.1, 0.15) is 0 Å². The van der Waals surface area contributed by atoms with Crippen molar-refractivity contribution < 1.29 is 5.48 Å². The summed E-state index contributed by atoms with van der Waals surface area (Å²) in [6.07, 6.45) is 42.1. The van der Waals surface area contributed by atoms with Crippen molar-refractivity contribution in [1.82, 2.24) is 0 Å². The molecule has 0 fully saturated rings. The molecule has 0 spiro atoms. The molecule has 0 aliphatic heterocycles. The molecule has 0 aliphatic carbocycles. The molecule has 2 heteroatoms. The van der Waals surface area contributed by atoms with Gasteiger partial charge in [-0.3, -0.25) is 0 Å². The molecule has 0 amide bonds. The highest BCUT2D eigenvalue weighted by atomic mass is 31.2. The van der Waals surface area contributed by atoms with Gasteiger partial charge in [-0.25, -0.2) is 0 Å². The number of rotatable bonds is 28. The summed E-state index contributed by atoms with van der Waals surface area (Å²) in [5, 5.41) is 0. The fraction of sp³-hybridized carbons (Fsp3) is 1.00. The highest BCUT2D eigenvalue weighted by Crippen LogP contribution is 2.61. The van der Waals surface area contributed by atoms with Crippen LogP contribution in [0.25, 0.3) is 0 Å². The molecule has 0 aromatic rings. The maximum absolute atomic E-state index is 2.37. The van der Waals surface area contributed by atoms with Crippen LogP contribution in [0.4, 0.5) is 0 Å². The summed E-state index contributed by atoms with van der Waals surface area (Å²) < 4.78 is 0. The monoisotopic (exact) mass is 502 g/mol. The van der Waals surface area contributed by atoms with Crippen LogP contribution in [0, 0.1) is 0 Å². The highest BCUT2D eigenvalue weighted by Gasteiger charge is 2.34. The Bertz CT molecular complexity index is 326. The Morgan fingerprint density at radius 3 is 0.676 bits per heavy atom. The van der Waals surface area contributed by atoms with Crippen LogP contribution in [0.3, 0.4) is 0 Å². The smallest absolute Gasteiger partial charge is 0.0594 e. The Morgan fingerprint density at radius 2 is 0.441 bits per heavy atom. The van der Waals surface area contributed by atoms with Crippen molar-refractivity contribution in [1.29, 1.82) is 0 Å². The van der Waals surface area contributed by atoms with Gasteiger partial charge in [-0.05, 0) is 51.4 Å². The summed E-state index contributed by atoms with van der Waals surface area (Å²) in [7, 11) is -0.697. The summed E-state index contributed by atoms with van der Waals surface area (Å²) in [6, 6.07) is 0. The van der Waals surface area contributed by atoms with Gasteiger partial charge in [0.25, 0.3) is 0 Å². The van der Waals surface area contributed by atoms with E-state index in [2.05, 4.69) is 27.7 Å². The van der Waals surface area contributed by atoms with E-state index in [4.69, 9.17) is 0 Å². The molecule has 0 bridgehead atoms. The summed E-state index contributed by atoms with van der Waals surface area (Å²) in [5.74, 6) is 0. The van der Waals surface area contributed by atoms with Crippen molar-refractivity contribution in [3.8, 4) is 0 Å². The molecule has 0 heterocycles. The third kappa shape index (κ3) is 24.1. The van der Waals surface area contributed by atoms with E-state index in [1.807, 2.05) is 0 Å². The Kier molecular flexibility index (Phi) is 31.8. The largest absolute Gasteiger partial charge is 0.412 e. The van der Waals surface area contributed by atoms with Crippen molar-refractivity contribution in [3.05, 3.63) is 0 Å². The van der Waals surface area contributed by atoms with Crippen LogP contribution >= 0.6 is 7.26 Å².